The zero-order valence-corrected chi connectivity index (χ0v) is 14.9. The first-order valence-electron chi connectivity index (χ1n) is 8.89. The molecule has 0 aromatic rings. The highest BCUT2D eigenvalue weighted by molar-refractivity contribution is 5.80. The van der Waals surface area contributed by atoms with Crippen molar-refractivity contribution in [3.8, 4) is 0 Å². The van der Waals surface area contributed by atoms with Crippen molar-refractivity contribution in [1.29, 1.82) is 0 Å². The summed E-state index contributed by atoms with van der Waals surface area (Å²) in [7, 11) is 1.40. The zero-order chi connectivity index (χ0) is 16.9. The summed E-state index contributed by atoms with van der Waals surface area (Å²) < 4.78 is 10.7. The van der Waals surface area contributed by atoms with E-state index in [1.54, 1.807) is 0 Å². The summed E-state index contributed by atoms with van der Waals surface area (Å²) in [5.74, 6) is 0.242. The average molecular weight is 327 g/mol. The van der Waals surface area contributed by atoms with Crippen LogP contribution in [0.4, 0.5) is 0 Å². The maximum absolute atomic E-state index is 11.4. The Labute approximate surface area is 140 Å². The molecule has 0 heterocycles. The third-order valence-corrected chi connectivity index (χ3v) is 4.02. The molecule has 0 bridgehead atoms. The van der Waals surface area contributed by atoms with Crippen LogP contribution in [0.25, 0.3) is 0 Å². The first-order valence-corrected chi connectivity index (χ1v) is 8.89. The van der Waals surface area contributed by atoms with Gasteiger partial charge in [0.05, 0.1) is 32.3 Å². The molecule has 0 aromatic carbocycles. The molecule has 1 fully saturated rings. The van der Waals surface area contributed by atoms with Gasteiger partial charge in [-0.15, -0.1) is 0 Å². The van der Waals surface area contributed by atoms with E-state index in [1.807, 2.05) is 13.8 Å². The maximum atomic E-state index is 11.4. The van der Waals surface area contributed by atoms with Gasteiger partial charge in [-0.2, -0.15) is 0 Å². The Kier molecular flexibility index (Phi) is 10.4. The molecule has 6 heteroatoms. The van der Waals surface area contributed by atoms with Crippen LogP contribution < -0.4 is 10.6 Å². The van der Waals surface area contributed by atoms with Crippen LogP contribution in [-0.2, 0) is 14.3 Å². The van der Waals surface area contributed by atoms with Crippen LogP contribution >= 0.6 is 0 Å². The first kappa shape index (κ1) is 19.7. The number of nitrogens with one attached hydrogen (secondary N) is 2. The number of guanidine groups is 1. The maximum Gasteiger partial charge on any atom is 0.310 e. The normalized spacial score (nSPS) is 18.1. The predicted octanol–water partition coefficient (Wildman–Crippen LogP) is 2.09. The van der Waals surface area contributed by atoms with Gasteiger partial charge >= 0.3 is 5.97 Å². The molecule has 0 saturated heterocycles. The van der Waals surface area contributed by atoms with Crippen LogP contribution in [0.2, 0.25) is 0 Å². The monoisotopic (exact) mass is 327 g/mol. The van der Waals surface area contributed by atoms with Gasteiger partial charge in [0.25, 0.3) is 0 Å². The molecule has 1 rings (SSSR count). The fraction of sp³-hybridized carbons (Fsp3) is 0.882. The van der Waals surface area contributed by atoms with Crippen molar-refractivity contribution in [1.82, 2.24) is 10.6 Å². The van der Waals surface area contributed by atoms with Gasteiger partial charge < -0.3 is 20.1 Å². The van der Waals surface area contributed by atoms with Gasteiger partial charge in [0.15, 0.2) is 5.96 Å². The Bertz CT molecular complexity index is 353. The second kappa shape index (κ2) is 12.2. The number of hydrogen-bond acceptors (Lipinski definition) is 4. The average Bonchev–Trinajstić information content (AvgIpc) is 2.84. The molecule has 1 aliphatic carbocycles. The molecular weight excluding hydrogens is 294 g/mol. The van der Waals surface area contributed by atoms with E-state index in [0.717, 1.165) is 13.1 Å². The Balaban J connectivity index is 2.27. The molecule has 2 N–H and O–H groups in total. The fourth-order valence-electron chi connectivity index (χ4n) is 2.65. The second-order valence-electron chi connectivity index (χ2n) is 6.05. The van der Waals surface area contributed by atoms with Gasteiger partial charge in [-0.1, -0.05) is 32.6 Å². The van der Waals surface area contributed by atoms with Crippen LogP contribution in [0.15, 0.2) is 4.99 Å². The highest BCUT2D eigenvalue weighted by atomic mass is 16.5. The number of esters is 1. The van der Waals surface area contributed by atoms with E-state index in [1.165, 1.54) is 45.6 Å². The molecule has 0 aliphatic heterocycles. The third kappa shape index (κ3) is 8.79. The molecule has 6 nitrogen and oxygen atoms in total. The first-order chi connectivity index (χ1) is 11.2. The van der Waals surface area contributed by atoms with Crippen LogP contribution in [0.1, 0.15) is 52.4 Å². The summed E-state index contributed by atoms with van der Waals surface area (Å²) in [6.07, 6.45) is 8.04. The topological polar surface area (TPSA) is 72.0 Å². The van der Waals surface area contributed by atoms with E-state index < -0.39 is 0 Å². The number of carbonyl (C=O) groups is 1. The summed E-state index contributed by atoms with van der Waals surface area (Å²) in [6, 6.07) is 0. The van der Waals surface area contributed by atoms with Gasteiger partial charge in [0.1, 0.15) is 0 Å². The molecule has 1 aliphatic rings. The Morgan fingerprint density at radius 2 is 1.91 bits per heavy atom. The highest BCUT2D eigenvalue weighted by Crippen LogP contribution is 2.19. The zero-order valence-electron chi connectivity index (χ0n) is 14.9. The minimum atomic E-state index is -0.238. The van der Waals surface area contributed by atoms with Crippen LogP contribution in [-0.4, -0.2) is 51.4 Å². The number of ether oxygens (including phenoxy) is 2. The van der Waals surface area contributed by atoms with Gasteiger partial charge in [-0.3, -0.25) is 9.79 Å². The smallest absolute Gasteiger partial charge is 0.310 e. The number of hydrogen-bond donors (Lipinski definition) is 2. The molecule has 0 aromatic heterocycles. The van der Waals surface area contributed by atoms with E-state index in [4.69, 9.17) is 9.47 Å². The SMILES string of the molecule is CCNC(=NCC(C)C(=O)OC)NCCOC1CCCCCC1. The number of carbonyl (C=O) groups excluding carboxylic acids is 1. The van der Waals surface area contributed by atoms with Crippen molar-refractivity contribution in [3.63, 3.8) is 0 Å². The lowest BCUT2D eigenvalue weighted by molar-refractivity contribution is -0.144. The Hall–Kier alpha value is -1.30. The predicted molar refractivity (Wildman–Crippen MR) is 92.6 cm³/mol. The van der Waals surface area contributed by atoms with E-state index in [9.17, 15) is 4.79 Å². The lowest BCUT2D eigenvalue weighted by Gasteiger charge is -2.17. The molecular formula is C17H33N3O3. The summed E-state index contributed by atoms with van der Waals surface area (Å²) in [6.45, 7) is 6.42. The highest BCUT2D eigenvalue weighted by Gasteiger charge is 2.13. The van der Waals surface area contributed by atoms with Crippen molar-refractivity contribution >= 4 is 11.9 Å². The van der Waals surface area contributed by atoms with Gasteiger partial charge in [-0.25, -0.2) is 0 Å². The molecule has 1 unspecified atom stereocenters. The van der Waals surface area contributed by atoms with E-state index in [2.05, 4.69) is 15.6 Å². The summed E-state index contributed by atoms with van der Waals surface area (Å²) in [4.78, 5) is 15.8. The van der Waals surface area contributed by atoms with E-state index in [0.29, 0.717) is 25.2 Å². The quantitative estimate of drug-likeness (QED) is 0.235. The van der Waals surface area contributed by atoms with E-state index in [-0.39, 0.29) is 11.9 Å². The van der Waals surface area contributed by atoms with Crippen LogP contribution in [0, 0.1) is 5.92 Å². The lowest BCUT2D eigenvalue weighted by atomic mass is 10.1. The molecule has 23 heavy (non-hydrogen) atoms. The van der Waals surface area contributed by atoms with E-state index >= 15 is 0 Å². The third-order valence-electron chi connectivity index (χ3n) is 4.02. The van der Waals surface area contributed by atoms with Gasteiger partial charge in [-0.05, 0) is 19.8 Å². The minimum Gasteiger partial charge on any atom is -0.469 e. The molecule has 0 radical (unpaired) electrons. The molecule has 0 amide bonds. The summed E-state index contributed by atoms with van der Waals surface area (Å²) >= 11 is 0. The second-order valence-corrected chi connectivity index (χ2v) is 6.05. The van der Waals surface area contributed by atoms with Crippen molar-refractivity contribution in [3.05, 3.63) is 0 Å². The Morgan fingerprint density at radius 1 is 1.22 bits per heavy atom. The summed E-state index contributed by atoms with van der Waals surface area (Å²) in [5.41, 5.74) is 0. The van der Waals surface area contributed by atoms with Gasteiger partial charge in [0, 0.05) is 13.1 Å². The Morgan fingerprint density at radius 3 is 2.52 bits per heavy atom. The number of methoxy groups -OCH3 is 1. The van der Waals surface area contributed by atoms with Crippen molar-refractivity contribution in [2.24, 2.45) is 10.9 Å². The fourth-order valence-corrected chi connectivity index (χ4v) is 2.65. The minimum absolute atomic E-state index is 0.235. The van der Waals surface area contributed by atoms with Crippen LogP contribution in [0.5, 0.6) is 0 Å². The molecule has 0 spiro atoms. The summed E-state index contributed by atoms with van der Waals surface area (Å²) in [5, 5.41) is 6.42. The molecule has 1 saturated carbocycles. The number of aliphatic imine (C=N–C) groups is 1. The van der Waals surface area contributed by atoms with Crippen molar-refractivity contribution in [2.75, 3.05) is 33.4 Å². The molecule has 1 atom stereocenters. The van der Waals surface area contributed by atoms with Gasteiger partial charge in [0.2, 0.25) is 0 Å². The number of rotatable bonds is 8. The standard InChI is InChI=1S/C17H33N3O3/c1-4-18-17(20-13-14(2)16(21)22-3)19-11-12-23-15-9-7-5-6-8-10-15/h14-15H,4-13H2,1-3H3,(H2,18,19,20). The lowest BCUT2D eigenvalue weighted by Crippen LogP contribution is -2.39. The molecule has 134 valence electrons. The van der Waals surface area contributed by atoms with Crippen molar-refractivity contribution in [2.45, 2.75) is 58.5 Å². The van der Waals surface area contributed by atoms with Crippen molar-refractivity contribution < 1.29 is 14.3 Å². The largest absolute Gasteiger partial charge is 0.469 e. The number of nitrogens with zero attached hydrogens (tertiary/aromatic N) is 1. The van der Waals surface area contributed by atoms with Crippen LogP contribution in [0.3, 0.4) is 0 Å².